The van der Waals surface area contributed by atoms with Crippen molar-refractivity contribution in [2.45, 2.75) is 26.3 Å². The van der Waals surface area contributed by atoms with Crippen molar-refractivity contribution in [3.63, 3.8) is 0 Å². The molecule has 0 spiro atoms. The summed E-state index contributed by atoms with van der Waals surface area (Å²) in [6, 6.07) is 13.2. The Bertz CT molecular complexity index is 771. The predicted octanol–water partition coefficient (Wildman–Crippen LogP) is 4.90. The summed E-state index contributed by atoms with van der Waals surface area (Å²) in [5.74, 6) is -0.199. The molecule has 0 saturated heterocycles. The van der Waals surface area contributed by atoms with E-state index in [1.54, 1.807) is 17.4 Å². The zero-order valence-electron chi connectivity index (χ0n) is 12.2. The summed E-state index contributed by atoms with van der Waals surface area (Å²) in [6.07, 6.45) is 0.813. The van der Waals surface area contributed by atoms with Crippen LogP contribution in [0.5, 0.6) is 0 Å². The number of hydrogen-bond acceptors (Lipinski definition) is 2. The van der Waals surface area contributed by atoms with Crippen molar-refractivity contribution in [2.75, 3.05) is 0 Å². The molecular weight excluding hydrogens is 281 g/mol. The number of thiophene rings is 1. The molecule has 1 unspecified atom stereocenters. The van der Waals surface area contributed by atoms with E-state index in [4.69, 9.17) is 5.73 Å². The Morgan fingerprint density at radius 1 is 1.10 bits per heavy atom. The van der Waals surface area contributed by atoms with Crippen LogP contribution < -0.4 is 5.73 Å². The zero-order valence-corrected chi connectivity index (χ0v) is 13.0. The number of fused-ring (bicyclic) bond motifs is 1. The van der Waals surface area contributed by atoms with Gasteiger partial charge in [0, 0.05) is 15.6 Å². The van der Waals surface area contributed by atoms with Crippen molar-refractivity contribution in [3.05, 3.63) is 69.8 Å². The zero-order chi connectivity index (χ0) is 15.0. The average Bonchev–Trinajstić information content (AvgIpc) is 2.86. The first-order valence-corrected chi connectivity index (χ1v) is 7.86. The average molecular weight is 299 g/mol. The van der Waals surface area contributed by atoms with Crippen molar-refractivity contribution in [1.82, 2.24) is 0 Å². The standard InChI is InChI=1S/C18H18FNS/c1-11-4-3-5-12(2)15(11)10-16(20)18-9-13-8-14(19)6-7-17(13)21-18/h3-9,16H,10,20H2,1-2H3. The summed E-state index contributed by atoms with van der Waals surface area (Å²) in [4.78, 5) is 1.11. The third-order valence-corrected chi connectivity index (χ3v) is 5.18. The van der Waals surface area contributed by atoms with Gasteiger partial charge in [-0.15, -0.1) is 11.3 Å². The molecule has 2 N–H and O–H groups in total. The highest BCUT2D eigenvalue weighted by Crippen LogP contribution is 2.31. The van der Waals surface area contributed by atoms with E-state index in [-0.39, 0.29) is 11.9 Å². The number of rotatable bonds is 3. The first kappa shape index (κ1) is 14.2. The molecule has 1 aromatic heterocycles. The highest BCUT2D eigenvalue weighted by atomic mass is 32.1. The summed E-state index contributed by atoms with van der Waals surface area (Å²) in [5, 5.41) is 0.937. The quantitative estimate of drug-likeness (QED) is 0.731. The number of nitrogens with two attached hydrogens (primary N) is 1. The van der Waals surface area contributed by atoms with Crippen molar-refractivity contribution < 1.29 is 4.39 Å². The molecular formula is C18H18FNS. The maximum absolute atomic E-state index is 13.3. The van der Waals surface area contributed by atoms with E-state index in [1.807, 2.05) is 12.1 Å². The fraction of sp³-hybridized carbons (Fsp3) is 0.222. The maximum Gasteiger partial charge on any atom is 0.123 e. The van der Waals surface area contributed by atoms with Gasteiger partial charge in [-0.05, 0) is 66.6 Å². The monoisotopic (exact) mass is 299 g/mol. The number of aryl methyl sites for hydroxylation is 2. The smallest absolute Gasteiger partial charge is 0.123 e. The first-order chi connectivity index (χ1) is 10.0. The summed E-state index contributed by atoms with van der Waals surface area (Å²) in [6.45, 7) is 4.24. The minimum atomic E-state index is -0.199. The maximum atomic E-state index is 13.3. The van der Waals surface area contributed by atoms with Crippen LogP contribution in [0.2, 0.25) is 0 Å². The van der Waals surface area contributed by atoms with Crippen molar-refractivity contribution in [1.29, 1.82) is 0 Å². The molecule has 21 heavy (non-hydrogen) atoms. The van der Waals surface area contributed by atoms with Crippen LogP contribution in [0.15, 0.2) is 42.5 Å². The second-order valence-electron chi connectivity index (χ2n) is 5.51. The lowest BCUT2D eigenvalue weighted by atomic mass is 9.96. The first-order valence-electron chi connectivity index (χ1n) is 7.04. The van der Waals surface area contributed by atoms with Gasteiger partial charge in [0.1, 0.15) is 5.82 Å². The second kappa shape index (κ2) is 5.58. The molecule has 1 nitrogen and oxygen atoms in total. The van der Waals surface area contributed by atoms with Gasteiger partial charge in [0.15, 0.2) is 0 Å². The minimum absolute atomic E-state index is 0.0507. The Hall–Kier alpha value is -1.71. The molecule has 0 bridgehead atoms. The molecule has 0 saturated carbocycles. The minimum Gasteiger partial charge on any atom is -0.323 e. The SMILES string of the molecule is Cc1cccc(C)c1CC(N)c1cc2cc(F)ccc2s1. The van der Waals surface area contributed by atoms with E-state index >= 15 is 0 Å². The van der Waals surface area contributed by atoms with Gasteiger partial charge in [0.05, 0.1) is 0 Å². The van der Waals surface area contributed by atoms with Crippen LogP contribution in [-0.2, 0) is 6.42 Å². The van der Waals surface area contributed by atoms with Gasteiger partial charge < -0.3 is 5.73 Å². The molecule has 3 heteroatoms. The molecule has 2 aromatic carbocycles. The van der Waals surface area contributed by atoms with Crippen molar-refractivity contribution in [2.24, 2.45) is 5.73 Å². The summed E-state index contributed by atoms with van der Waals surface area (Å²) >= 11 is 1.65. The Labute approximate surface area is 128 Å². The highest BCUT2D eigenvalue weighted by molar-refractivity contribution is 7.19. The van der Waals surface area contributed by atoms with E-state index in [0.717, 1.165) is 21.4 Å². The van der Waals surface area contributed by atoms with Gasteiger partial charge in [-0.1, -0.05) is 18.2 Å². The topological polar surface area (TPSA) is 26.0 Å². The van der Waals surface area contributed by atoms with E-state index in [2.05, 4.69) is 32.0 Å². The van der Waals surface area contributed by atoms with Crippen LogP contribution in [0.25, 0.3) is 10.1 Å². The third kappa shape index (κ3) is 2.85. The predicted molar refractivity (Wildman–Crippen MR) is 88.3 cm³/mol. The van der Waals surface area contributed by atoms with Gasteiger partial charge in [-0.2, -0.15) is 0 Å². The molecule has 0 fully saturated rings. The lowest BCUT2D eigenvalue weighted by molar-refractivity contribution is 0.630. The fourth-order valence-corrected chi connectivity index (χ4v) is 3.76. The van der Waals surface area contributed by atoms with Crippen molar-refractivity contribution in [3.8, 4) is 0 Å². The van der Waals surface area contributed by atoms with Gasteiger partial charge in [0.25, 0.3) is 0 Å². The molecule has 3 aromatic rings. The third-order valence-electron chi connectivity index (χ3n) is 3.93. The fourth-order valence-electron chi connectivity index (χ4n) is 2.71. The van der Waals surface area contributed by atoms with Crippen LogP contribution in [0.3, 0.4) is 0 Å². The molecule has 1 heterocycles. The molecule has 3 rings (SSSR count). The highest BCUT2D eigenvalue weighted by Gasteiger charge is 2.13. The van der Waals surface area contributed by atoms with Gasteiger partial charge in [-0.3, -0.25) is 0 Å². The summed E-state index contributed by atoms with van der Waals surface area (Å²) in [5.41, 5.74) is 10.2. The van der Waals surface area contributed by atoms with Gasteiger partial charge >= 0.3 is 0 Å². The van der Waals surface area contributed by atoms with E-state index < -0.39 is 0 Å². The Kier molecular flexibility index (Phi) is 3.79. The number of hydrogen-bond donors (Lipinski definition) is 1. The lowest BCUT2D eigenvalue weighted by Gasteiger charge is -2.14. The molecule has 1 atom stereocenters. The molecule has 0 aliphatic heterocycles. The number of benzene rings is 2. The van der Waals surface area contributed by atoms with Crippen LogP contribution in [0, 0.1) is 19.7 Å². The summed E-state index contributed by atoms with van der Waals surface area (Å²) < 4.78 is 14.4. The molecule has 0 amide bonds. The Morgan fingerprint density at radius 3 is 2.52 bits per heavy atom. The van der Waals surface area contributed by atoms with E-state index in [9.17, 15) is 4.39 Å². The number of halogens is 1. The van der Waals surface area contributed by atoms with Crippen molar-refractivity contribution >= 4 is 21.4 Å². The summed E-state index contributed by atoms with van der Waals surface area (Å²) in [7, 11) is 0. The second-order valence-corrected chi connectivity index (χ2v) is 6.63. The molecule has 0 aliphatic carbocycles. The normalized spacial score (nSPS) is 12.8. The molecule has 0 radical (unpaired) electrons. The Morgan fingerprint density at radius 2 is 1.81 bits per heavy atom. The molecule has 108 valence electrons. The largest absolute Gasteiger partial charge is 0.323 e. The van der Waals surface area contributed by atoms with Crippen LogP contribution in [0.1, 0.15) is 27.6 Å². The van der Waals surface area contributed by atoms with E-state index in [1.165, 1.54) is 22.8 Å². The Balaban J connectivity index is 1.91. The van der Waals surface area contributed by atoms with Gasteiger partial charge in [0.2, 0.25) is 0 Å². The van der Waals surface area contributed by atoms with Crippen LogP contribution >= 0.6 is 11.3 Å². The van der Waals surface area contributed by atoms with Gasteiger partial charge in [-0.25, -0.2) is 4.39 Å². The molecule has 0 aliphatic rings. The van der Waals surface area contributed by atoms with Crippen LogP contribution in [0.4, 0.5) is 4.39 Å². The van der Waals surface area contributed by atoms with E-state index in [0.29, 0.717) is 0 Å². The lowest BCUT2D eigenvalue weighted by Crippen LogP contribution is -2.13. The van der Waals surface area contributed by atoms with Crippen LogP contribution in [-0.4, -0.2) is 0 Å².